The van der Waals surface area contributed by atoms with Gasteiger partial charge in [0.15, 0.2) is 11.4 Å². The fourth-order valence-electron chi connectivity index (χ4n) is 2.93. The highest BCUT2D eigenvalue weighted by Gasteiger charge is 2.22. The van der Waals surface area contributed by atoms with Crippen LogP contribution in [0, 0.1) is 0 Å². The molecule has 3 heteroatoms. The third-order valence-electron chi connectivity index (χ3n) is 3.84. The number of aryl methyl sites for hydroxylation is 2. The van der Waals surface area contributed by atoms with E-state index < -0.39 is 0 Å². The third-order valence-corrected chi connectivity index (χ3v) is 3.84. The smallest absolute Gasteiger partial charge is 0.180 e. The molecule has 94 valence electrons. The molecule has 19 heavy (non-hydrogen) atoms. The number of pyridine rings is 1. The van der Waals surface area contributed by atoms with Gasteiger partial charge in [-0.25, -0.2) is 4.98 Å². The zero-order valence-corrected chi connectivity index (χ0v) is 10.8. The summed E-state index contributed by atoms with van der Waals surface area (Å²) in [5.41, 5.74) is 5.94. The molecule has 2 aromatic heterocycles. The lowest BCUT2D eigenvalue weighted by Gasteiger charge is -2.15. The van der Waals surface area contributed by atoms with Crippen LogP contribution in [-0.4, -0.2) is 16.5 Å². The molecule has 3 aromatic rings. The summed E-state index contributed by atoms with van der Waals surface area (Å²) in [6, 6.07) is 12.5. The Morgan fingerprint density at radius 3 is 2.89 bits per heavy atom. The number of nitrogens with zero attached hydrogens (tertiary/aromatic N) is 2. The van der Waals surface area contributed by atoms with Crippen LogP contribution in [0.1, 0.15) is 11.3 Å². The molecule has 0 fully saturated rings. The number of methoxy groups -OCH3 is 1. The molecule has 1 aliphatic carbocycles. The Morgan fingerprint density at radius 1 is 1.11 bits per heavy atom. The number of fused-ring (bicyclic) bond motifs is 5. The van der Waals surface area contributed by atoms with Crippen LogP contribution in [0.4, 0.5) is 0 Å². The second-order valence-corrected chi connectivity index (χ2v) is 4.83. The topological polar surface area (TPSA) is 26.5 Å². The second kappa shape index (κ2) is 3.85. The van der Waals surface area contributed by atoms with Gasteiger partial charge in [-0.1, -0.05) is 24.3 Å². The maximum atomic E-state index is 5.41. The number of hydrogen-bond acceptors (Lipinski definition) is 2. The molecule has 1 aromatic carbocycles. The van der Waals surface area contributed by atoms with Crippen molar-refractivity contribution in [1.29, 1.82) is 0 Å². The van der Waals surface area contributed by atoms with Gasteiger partial charge in [0.1, 0.15) is 0 Å². The Balaban J connectivity index is 2.07. The van der Waals surface area contributed by atoms with E-state index in [0.717, 1.165) is 29.9 Å². The maximum absolute atomic E-state index is 5.41. The monoisotopic (exact) mass is 250 g/mol. The maximum Gasteiger partial charge on any atom is 0.180 e. The van der Waals surface area contributed by atoms with Gasteiger partial charge in [-0.2, -0.15) is 0 Å². The largest absolute Gasteiger partial charge is 0.493 e. The molecule has 0 radical (unpaired) electrons. The molecule has 0 atom stereocenters. The Labute approximate surface area is 111 Å². The highest BCUT2D eigenvalue weighted by molar-refractivity contribution is 5.73. The van der Waals surface area contributed by atoms with E-state index in [0.29, 0.717) is 0 Å². The van der Waals surface area contributed by atoms with Crippen molar-refractivity contribution in [2.45, 2.75) is 12.8 Å². The average molecular weight is 250 g/mol. The minimum Gasteiger partial charge on any atom is -0.493 e. The molecule has 4 rings (SSSR count). The number of rotatable bonds is 1. The molecule has 0 N–H and O–H groups in total. The van der Waals surface area contributed by atoms with Crippen LogP contribution in [-0.2, 0) is 12.8 Å². The van der Waals surface area contributed by atoms with Gasteiger partial charge >= 0.3 is 0 Å². The van der Waals surface area contributed by atoms with Crippen LogP contribution in [0.25, 0.3) is 16.9 Å². The molecular formula is C16H14N2O. The Bertz CT molecular complexity index is 774. The van der Waals surface area contributed by atoms with E-state index in [1.165, 1.54) is 16.8 Å². The van der Waals surface area contributed by atoms with Crippen molar-refractivity contribution >= 4 is 5.65 Å². The van der Waals surface area contributed by atoms with E-state index in [9.17, 15) is 0 Å². The number of imidazole rings is 1. The Hall–Kier alpha value is -2.29. The minimum absolute atomic E-state index is 0.828. The first-order valence-corrected chi connectivity index (χ1v) is 6.50. The fourth-order valence-corrected chi connectivity index (χ4v) is 2.93. The molecule has 0 unspecified atom stereocenters. The molecule has 2 heterocycles. The van der Waals surface area contributed by atoms with Crippen molar-refractivity contribution in [2.24, 2.45) is 0 Å². The summed E-state index contributed by atoms with van der Waals surface area (Å²) in [4.78, 5) is 4.80. The molecule has 0 amide bonds. The van der Waals surface area contributed by atoms with Crippen molar-refractivity contribution in [2.75, 3.05) is 7.11 Å². The first kappa shape index (κ1) is 10.6. The van der Waals surface area contributed by atoms with E-state index in [1.54, 1.807) is 7.11 Å². The summed E-state index contributed by atoms with van der Waals surface area (Å²) in [7, 11) is 1.69. The van der Waals surface area contributed by atoms with Crippen LogP contribution >= 0.6 is 0 Å². The number of aromatic nitrogens is 2. The quantitative estimate of drug-likeness (QED) is 0.663. The summed E-state index contributed by atoms with van der Waals surface area (Å²) >= 11 is 0. The summed E-state index contributed by atoms with van der Waals surface area (Å²) < 4.78 is 7.57. The van der Waals surface area contributed by atoms with Gasteiger partial charge in [-0.3, -0.25) is 0 Å². The number of ether oxygens (including phenoxy) is 1. The van der Waals surface area contributed by atoms with Gasteiger partial charge in [0.05, 0.1) is 18.5 Å². The van der Waals surface area contributed by atoms with Crippen molar-refractivity contribution in [3.05, 3.63) is 53.9 Å². The molecule has 0 saturated carbocycles. The van der Waals surface area contributed by atoms with Crippen LogP contribution in [0.2, 0.25) is 0 Å². The van der Waals surface area contributed by atoms with Crippen molar-refractivity contribution in [3.63, 3.8) is 0 Å². The average Bonchev–Trinajstić information content (AvgIpc) is 2.86. The molecule has 0 spiro atoms. The fraction of sp³-hybridized carbons (Fsp3) is 0.188. The van der Waals surface area contributed by atoms with E-state index >= 15 is 0 Å². The van der Waals surface area contributed by atoms with E-state index in [1.807, 2.05) is 12.1 Å². The minimum atomic E-state index is 0.828. The summed E-state index contributed by atoms with van der Waals surface area (Å²) in [5.74, 6) is 0.828. The van der Waals surface area contributed by atoms with Crippen LogP contribution in [0.15, 0.2) is 42.6 Å². The van der Waals surface area contributed by atoms with E-state index in [-0.39, 0.29) is 0 Å². The SMILES string of the molecule is COc1cccn2c3c(nc12)-c1ccccc1CC3. The molecule has 1 aliphatic rings. The highest BCUT2D eigenvalue weighted by Crippen LogP contribution is 2.35. The van der Waals surface area contributed by atoms with Gasteiger partial charge in [-0.05, 0) is 30.5 Å². The third kappa shape index (κ3) is 1.41. The summed E-state index contributed by atoms with van der Waals surface area (Å²) in [6.45, 7) is 0. The van der Waals surface area contributed by atoms with E-state index in [4.69, 9.17) is 9.72 Å². The molecule has 0 bridgehead atoms. The number of benzene rings is 1. The zero-order valence-electron chi connectivity index (χ0n) is 10.8. The molecule has 3 nitrogen and oxygen atoms in total. The summed E-state index contributed by atoms with van der Waals surface area (Å²) in [6.07, 6.45) is 4.17. The van der Waals surface area contributed by atoms with Crippen LogP contribution in [0.5, 0.6) is 5.75 Å². The number of hydrogen-bond donors (Lipinski definition) is 0. The lowest BCUT2D eigenvalue weighted by molar-refractivity contribution is 0.417. The normalized spacial score (nSPS) is 13.1. The zero-order chi connectivity index (χ0) is 12.8. The van der Waals surface area contributed by atoms with Crippen molar-refractivity contribution < 1.29 is 4.74 Å². The van der Waals surface area contributed by atoms with Crippen LogP contribution in [0.3, 0.4) is 0 Å². The molecule has 0 aliphatic heterocycles. The van der Waals surface area contributed by atoms with Gasteiger partial charge in [0, 0.05) is 11.8 Å². The first-order valence-electron chi connectivity index (χ1n) is 6.50. The summed E-state index contributed by atoms with van der Waals surface area (Å²) in [5, 5.41) is 0. The first-order chi connectivity index (χ1) is 9.38. The molecular weight excluding hydrogens is 236 g/mol. The lowest BCUT2D eigenvalue weighted by atomic mass is 9.92. The predicted molar refractivity (Wildman–Crippen MR) is 74.6 cm³/mol. The Morgan fingerprint density at radius 2 is 2.00 bits per heavy atom. The van der Waals surface area contributed by atoms with Crippen molar-refractivity contribution in [3.8, 4) is 17.0 Å². The van der Waals surface area contributed by atoms with Crippen molar-refractivity contribution in [1.82, 2.24) is 9.38 Å². The lowest BCUT2D eigenvalue weighted by Crippen LogP contribution is -2.05. The molecule has 0 saturated heterocycles. The van der Waals surface area contributed by atoms with Gasteiger partial charge in [-0.15, -0.1) is 0 Å². The Kier molecular flexibility index (Phi) is 2.15. The predicted octanol–water partition coefficient (Wildman–Crippen LogP) is 3.11. The van der Waals surface area contributed by atoms with Gasteiger partial charge < -0.3 is 9.14 Å². The van der Waals surface area contributed by atoms with Crippen LogP contribution < -0.4 is 4.74 Å². The second-order valence-electron chi connectivity index (χ2n) is 4.83. The van der Waals surface area contributed by atoms with Gasteiger partial charge in [0.25, 0.3) is 0 Å². The van der Waals surface area contributed by atoms with E-state index in [2.05, 4.69) is 34.9 Å². The highest BCUT2D eigenvalue weighted by atomic mass is 16.5. The van der Waals surface area contributed by atoms with Gasteiger partial charge in [0.2, 0.25) is 0 Å². The standard InChI is InChI=1S/C16H14N2O/c1-19-14-7-4-10-18-13-9-8-11-5-2-3-6-12(11)15(13)17-16(14)18/h2-7,10H,8-9H2,1H3.